The van der Waals surface area contributed by atoms with Crippen LogP contribution >= 0.6 is 10.3 Å². The van der Waals surface area contributed by atoms with Crippen LogP contribution in [-0.2, 0) is 13.7 Å². The minimum absolute atomic E-state index is 0.0326. The smallest absolute Gasteiger partial charge is 0.215 e. The fraction of sp³-hybridized carbons (Fsp3) is 0.714. The number of halogens is 5. The van der Waals surface area contributed by atoms with E-state index < -0.39 is 54.4 Å². The molecule has 31 heavy (non-hydrogen) atoms. The lowest BCUT2D eigenvalue weighted by Gasteiger charge is -2.52. The zero-order valence-electron chi connectivity index (χ0n) is 17.1. The number of hydrogen-bond donors (Lipinski definition) is 0. The Hall–Kier alpha value is -0.870. The quantitative estimate of drug-likeness (QED) is 0.257. The summed E-state index contributed by atoms with van der Waals surface area (Å²) in [6.07, 6.45) is 10.2. The van der Waals surface area contributed by atoms with Gasteiger partial charge in [0.1, 0.15) is 0 Å². The highest BCUT2D eigenvalue weighted by atomic mass is 32.3. The van der Waals surface area contributed by atoms with E-state index in [9.17, 15) is 30.4 Å². The summed E-state index contributed by atoms with van der Waals surface area (Å²) in [6.45, 7) is 0. The fourth-order valence-corrected chi connectivity index (χ4v) is 14.1. The first-order valence-corrected chi connectivity index (χ1v) is 14.1. The van der Waals surface area contributed by atoms with E-state index >= 15 is 0 Å². The minimum Gasteiger partial charge on any atom is -0.215 e. The van der Waals surface area contributed by atoms with Crippen LogP contribution in [0.5, 0.6) is 0 Å². The summed E-state index contributed by atoms with van der Waals surface area (Å²) in [5.74, 6) is -11.6. The van der Waals surface area contributed by atoms with Gasteiger partial charge in [-0.15, -0.1) is 10.3 Å². The van der Waals surface area contributed by atoms with Crippen LogP contribution in [0.1, 0.15) is 77.0 Å². The molecule has 3 nitrogen and oxygen atoms in total. The molecule has 0 unspecified atom stereocenters. The predicted octanol–water partition coefficient (Wildman–Crippen LogP) is 6.63. The second-order valence-electron chi connectivity index (χ2n) is 8.84. The van der Waals surface area contributed by atoms with Gasteiger partial charge < -0.3 is 0 Å². The molecule has 0 aromatic heterocycles. The van der Waals surface area contributed by atoms with Gasteiger partial charge in [0.25, 0.3) is 0 Å². The molecule has 3 aliphatic carbocycles. The second kappa shape index (κ2) is 8.82. The van der Waals surface area contributed by atoms with Gasteiger partial charge in [0, 0.05) is 15.7 Å². The molecule has 0 bridgehead atoms. The SMILES string of the molecule is O=S(=O)(OS(C1CCCC1)(C1CCCC1)C1CCCC1)c1c(F)c(F)c(F)c(F)c1F. The molecule has 0 atom stereocenters. The van der Waals surface area contributed by atoms with E-state index in [1.807, 2.05) is 0 Å². The van der Waals surface area contributed by atoms with Gasteiger partial charge in [0.05, 0.1) is 0 Å². The van der Waals surface area contributed by atoms with Crippen LogP contribution in [0.2, 0.25) is 0 Å². The first-order chi connectivity index (χ1) is 14.7. The van der Waals surface area contributed by atoms with Gasteiger partial charge in [0.2, 0.25) is 5.82 Å². The molecule has 1 aromatic rings. The fourth-order valence-electron chi connectivity index (χ4n) is 5.75. The van der Waals surface area contributed by atoms with Crippen LogP contribution in [0.25, 0.3) is 0 Å². The molecule has 0 aliphatic heterocycles. The molecule has 3 saturated carbocycles. The van der Waals surface area contributed by atoms with Crippen molar-refractivity contribution in [3.8, 4) is 0 Å². The summed E-state index contributed by atoms with van der Waals surface area (Å²) in [4.78, 5) is -1.85. The highest BCUT2D eigenvalue weighted by Crippen LogP contribution is 2.72. The average Bonchev–Trinajstić information content (AvgIpc) is 3.51. The molecular formula is C21H27F5O3S2. The molecule has 176 valence electrons. The largest absolute Gasteiger partial charge is 0.312 e. The zero-order chi connectivity index (χ0) is 22.4. The Balaban J connectivity index is 1.85. The first-order valence-electron chi connectivity index (χ1n) is 11.0. The predicted molar refractivity (Wildman–Crippen MR) is 109 cm³/mol. The summed E-state index contributed by atoms with van der Waals surface area (Å²) in [5.41, 5.74) is 0. The van der Waals surface area contributed by atoms with Crippen LogP contribution in [-0.4, -0.2) is 24.2 Å². The Morgan fingerprint density at radius 1 is 0.548 bits per heavy atom. The van der Waals surface area contributed by atoms with Crippen molar-refractivity contribution in [1.29, 1.82) is 0 Å². The van der Waals surface area contributed by atoms with E-state index in [4.69, 9.17) is 3.63 Å². The number of rotatable bonds is 6. The molecule has 0 N–H and O–H groups in total. The van der Waals surface area contributed by atoms with Crippen LogP contribution in [0.4, 0.5) is 22.0 Å². The van der Waals surface area contributed by atoms with Gasteiger partial charge in [-0.1, -0.05) is 38.5 Å². The lowest BCUT2D eigenvalue weighted by Crippen LogP contribution is -2.37. The van der Waals surface area contributed by atoms with E-state index in [1.165, 1.54) is 0 Å². The van der Waals surface area contributed by atoms with E-state index in [0.717, 1.165) is 77.0 Å². The van der Waals surface area contributed by atoms with E-state index in [0.29, 0.717) is 0 Å². The number of hydrogen-bond acceptors (Lipinski definition) is 3. The molecule has 0 spiro atoms. The van der Waals surface area contributed by atoms with E-state index in [2.05, 4.69) is 0 Å². The molecule has 3 aliphatic rings. The van der Waals surface area contributed by atoms with E-state index in [1.54, 1.807) is 0 Å². The Bertz CT molecular complexity index is 865. The van der Waals surface area contributed by atoms with Gasteiger partial charge in [-0.25, -0.2) is 25.6 Å². The minimum atomic E-state index is -5.21. The third-order valence-corrected chi connectivity index (χ3v) is 14.2. The summed E-state index contributed by atoms with van der Waals surface area (Å²) in [7, 11) is -7.58. The van der Waals surface area contributed by atoms with Crippen LogP contribution in [0.15, 0.2) is 4.90 Å². The topological polar surface area (TPSA) is 43.4 Å². The Labute approximate surface area is 181 Å². The molecule has 0 radical (unpaired) electrons. The molecular weight excluding hydrogens is 459 g/mol. The Morgan fingerprint density at radius 2 is 0.839 bits per heavy atom. The standard InChI is InChI=1S/C21H27F5O3S2/c22-16-17(23)19(25)21(20(26)18(16)24)31(27,28)29-30(13-7-1-2-8-13,14-9-3-4-10-14)15-11-5-6-12-15/h13-15H,1-12H2. The maximum Gasteiger partial charge on any atom is 0.312 e. The van der Waals surface area contributed by atoms with Gasteiger partial charge in [-0.2, -0.15) is 8.42 Å². The maximum atomic E-state index is 14.4. The monoisotopic (exact) mass is 486 g/mol. The third kappa shape index (κ3) is 3.90. The van der Waals surface area contributed by atoms with Crippen molar-refractivity contribution in [3.63, 3.8) is 0 Å². The number of benzene rings is 1. The van der Waals surface area contributed by atoms with Gasteiger partial charge in [0.15, 0.2) is 28.2 Å². The van der Waals surface area contributed by atoms with Gasteiger partial charge >= 0.3 is 10.1 Å². The first kappa shape index (κ1) is 23.3. The van der Waals surface area contributed by atoms with Gasteiger partial charge in [-0.3, -0.25) is 0 Å². The molecule has 4 rings (SSSR count). The van der Waals surface area contributed by atoms with Crippen molar-refractivity contribution < 1.29 is 34.0 Å². The van der Waals surface area contributed by atoms with Crippen molar-refractivity contribution in [2.45, 2.75) is 97.7 Å². The summed E-state index contributed by atoms with van der Waals surface area (Å²) >= 11 is 0. The zero-order valence-corrected chi connectivity index (χ0v) is 18.8. The Morgan fingerprint density at radius 3 is 1.16 bits per heavy atom. The highest BCUT2D eigenvalue weighted by Gasteiger charge is 2.53. The van der Waals surface area contributed by atoms with Gasteiger partial charge in [-0.05, 0) is 38.5 Å². The summed E-state index contributed by atoms with van der Waals surface area (Å²) < 4.78 is 102. The lowest BCUT2D eigenvalue weighted by atomic mass is 10.3. The molecule has 3 fully saturated rings. The average molecular weight is 487 g/mol. The highest BCUT2D eigenvalue weighted by molar-refractivity contribution is 8.34. The van der Waals surface area contributed by atoms with Crippen molar-refractivity contribution in [3.05, 3.63) is 29.1 Å². The molecule has 0 heterocycles. The van der Waals surface area contributed by atoms with Crippen LogP contribution < -0.4 is 0 Å². The molecule has 0 saturated heterocycles. The lowest BCUT2D eigenvalue weighted by molar-refractivity contribution is 0.353. The van der Waals surface area contributed by atoms with Crippen molar-refractivity contribution in [1.82, 2.24) is 0 Å². The van der Waals surface area contributed by atoms with E-state index in [-0.39, 0.29) is 15.7 Å². The molecule has 1 aromatic carbocycles. The van der Waals surface area contributed by atoms with Crippen LogP contribution in [0, 0.1) is 29.1 Å². The van der Waals surface area contributed by atoms with Crippen molar-refractivity contribution in [2.24, 2.45) is 0 Å². The van der Waals surface area contributed by atoms with Crippen molar-refractivity contribution >= 4 is 20.4 Å². The summed E-state index contributed by atoms with van der Waals surface area (Å²) in [5, 5.41) is -0.0979. The molecule has 0 amide bonds. The van der Waals surface area contributed by atoms with Crippen molar-refractivity contribution in [2.75, 3.05) is 0 Å². The Kier molecular flexibility index (Phi) is 6.63. The second-order valence-corrected chi connectivity index (χ2v) is 14.1. The maximum absolute atomic E-state index is 14.4. The summed E-state index contributed by atoms with van der Waals surface area (Å²) in [6, 6.07) is 0. The third-order valence-electron chi connectivity index (χ3n) is 7.10. The van der Waals surface area contributed by atoms with Crippen LogP contribution in [0.3, 0.4) is 0 Å². The normalized spacial score (nSPS) is 22.6. The molecule has 10 heteroatoms.